The molecule has 0 N–H and O–H groups in total. The molecule has 0 heterocycles. The van der Waals surface area contributed by atoms with Crippen molar-refractivity contribution in [2.75, 3.05) is 0 Å². The van der Waals surface area contributed by atoms with Crippen molar-refractivity contribution in [2.45, 2.75) is 5.75 Å². The molecule has 0 fully saturated rings. The van der Waals surface area contributed by atoms with E-state index in [-0.39, 0.29) is 10.6 Å². The molecule has 0 aliphatic rings. The molecular weight excluding hydrogens is 222 g/mol. The van der Waals surface area contributed by atoms with E-state index in [0.29, 0.717) is 6.07 Å². The lowest BCUT2D eigenvalue weighted by Gasteiger charge is -1.99. The summed E-state index contributed by atoms with van der Waals surface area (Å²) in [6.07, 6.45) is 0. The first-order valence-corrected chi connectivity index (χ1v) is 5.00. The van der Waals surface area contributed by atoms with Crippen molar-refractivity contribution in [3.05, 3.63) is 34.4 Å². The molecular formula is C7H5ClF2O2S. The summed E-state index contributed by atoms with van der Waals surface area (Å²) >= 11 is 5.33. The predicted octanol–water partition coefficient (Wildman–Crippen LogP) is 1.73. The minimum atomic E-state index is -2.74. The highest BCUT2D eigenvalue weighted by Gasteiger charge is 2.08. The summed E-state index contributed by atoms with van der Waals surface area (Å²) in [7, 11) is -2.74. The second-order valence-corrected chi connectivity index (χ2v) is 3.74. The summed E-state index contributed by atoms with van der Waals surface area (Å²) in [5, 5.41) is -0.284. The van der Waals surface area contributed by atoms with Crippen molar-refractivity contribution in [2.24, 2.45) is 0 Å². The first-order chi connectivity index (χ1) is 6.00. The zero-order chi connectivity index (χ0) is 10.0. The molecule has 0 spiro atoms. The number of rotatable bonds is 2. The van der Waals surface area contributed by atoms with E-state index in [1.54, 1.807) is 0 Å². The minimum absolute atomic E-state index is 0.123. The van der Waals surface area contributed by atoms with Crippen LogP contribution in [0.4, 0.5) is 8.78 Å². The second-order valence-electron chi connectivity index (χ2n) is 2.35. The van der Waals surface area contributed by atoms with Gasteiger partial charge in [0.15, 0.2) is 0 Å². The maximum absolute atomic E-state index is 12.8. The molecule has 72 valence electrons. The molecule has 0 saturated carbocycles. The van der Waals surface area contributed by atoms with Gasteiger partial charge >= 0.3 is 0 Å². The normalized spacial score (nSPS) is 10.8. The average Bonchev–Trinajstić information content (AvgIpc) is 1.99. The van der Waals surface area contributed by atoms with Gasteiger partial charge in [-0.3, -0.25) is 0 Å². The van der Waals surface area contributed by atoms with Crippen LogP contribution in [0.3, 0.4) is 0 Å². The van der Waals surface area contributed by atoms with Crippen LogP contribution in [0.2, 0.25) is 5.02 Å². The van der Waals surface area contributed by atoms with E-state index in [0.717, 1.165) is 6.07 Å². The number of hydrogen-bond acceptors (Lipinski definition) is 2. The Morgan fingerprint density at radius 1 is 1.23 bits per heavy atom. The van der Waals surface area contributed by atoms with Crippen molar-refractivity contribution in [1.82, 2.24) is 0 Å². The van der Waals surface area contributed by atoms with Crippen LogP contribution in [0.5, 0.6) is 0 Å². The third-order valence-electron chi connectivity index (χ3n) is 1.39. The van der Waals surface area contributed by atoms with E-state index in [2.05, 4.69) is 0 Å². The molecule has 2 nitrogen and oxygen atoms in total. The summed E-state index contributed by atoms with van der Waals surface area (Å²) < 4.78 is 45.9. The highest BCUT2D eigenvalue weighted by molar-refractivity contribution is 7.71. The second kappa shape index (κ2) is 4.02. The smallest absolute Gasteiger partial charge is 0.144 e. The summed E-state index contributed by atoms with van der Waals surface area (Å²) in [6.45, 7) is 0. The van der Waals surface area contributed by atoms with Crippen molar-refractivity contribution in [1.29, 1.82) is 0 Å². The molecule has 13 heavy (non-hydrogen) atoms. The Labute approximate surface area is 80.1 Å². The van der Waals surface area contributed by atoms with E-state index >= 15 is 0 Å². The molecule has 1 rings (SSSR count). The number of hydrogen-bond donors (Lipinski definition) is 1. The van der Waals surface area contributed by atoms with Crippen molar-refractivity contribution >= 4 is 22.3 Å². The number of benzene rings is 1. The van der Waals surface area contributed by atoms with Crippen LogP contribution in [0.1, 0.15) is 5.56 Å². The van der Waals surface area contributed by atoms with Gasteiger partial charge in [0, 0.05) is 11.6 Å². The highest BCUT2D eigenvalue weighted by Crippen LogP contribution is 2.19. The Hall–Kier alpha value is -0.680. The quantitative estimate of drug-likeness (QED) is 0.616. The monoisotopic (exact) mass is 226 g/mol. The van der Waals surface area contributed by atoms with Crippen LogP contribution in [-0.4, -0.2) is 8.42 Å². The Morgan fingerprint density at radius 2 is 1.85 bits per heavy atom. The average molecular weight is 227 g/mol. The molecule has 0 unspecified atom stereocenters. The maximum atomic E-state index is 12.8. The Kier molecular flexibility index (Phi) is 3.22. The third-order valence-corrected chi connectivity index (χ3v) is 2.28. The maximum Gasteiger partial charge on any atom is 0.144 e. The molecule has 1 aromatic rings. The fourth-order valence-electron chi connectivity index (χ4n) is 0.824. The van der Waals surface area contributed by atoms with Crippen molar-refractivity contribution in [3.63, 3.8) is 0 Å². The third kappa shape index (κ3) is 2.63. The predicted molar refractivity (Wildman–Crippen MR) is 45.4 cm³/mol. The van der Waals surface area contributed by atoms with E-state index in [4.69, 9.17) is 11.6 Å². The van der Waals surface area contributed by atoms with Crippen LogP contribution < -0.4 is 0 Å². The Balaban J connectivity index is 3.15. The van der Waals surface area contributed by atoms with Gasteiger partial charge in [-0.15, -0.1) is 0 Å². The van der Waals surface area contributed by atoms with Gasteiger partial charge in [0.2, 0.25) is 0 Å². The lowest BCUT2D eigenvalue weighted by Crippen LogP contribution is -1.93. The molecule has 1 aromatic carbocycles. The van der Waals surface area contributed by atoms with Gasteiger partial charge in [0.1, 0.15) is 22.3 Å². The fraction of sp³-hybridized carbons (Fsp3) is 0.143. The molecule has 0 aromatic heterocycles. The topological polar surface area (TPSA) is 34.1 Å². The standard InChI is InChI=1S/C7H5ClF2O2S/c8-5-1-4(3-13(11)12)6(9)2-7(5)10/h1-2,13H,3H2. The molecule has 6 heteroatoms. The van der Waals surface area contributed by atoms with Crippen LogP contribution in [-0.2, 0) is 16.5 Å². The minimum Gasteiger partial charge on any atom is -0.232 e. The summed E-state index contributed by atoms with van der Waals surface area (Å²) in [5.74, 6) is -2.27. The Bertz CT molecular complexity index is 396. The van der Waals surface area contributed by atoms with Gasteiger partial charge in [-0.2, -0.15) is 0 Å². The summed E-state index contributed by atoms with van der Waals surface area (Å²) in [4.78, 5) is 0. The summed E-state index contributed by atoms with van der Waals surface area (Å²) in [5.41, 5.74) is -0.123. The zero-order valence-electron chi connectivity index (χ0n) is 6.26. The lowest BCUT2D eigenvalue weighted by atomic mass is 10.2. The summed E-state index contributed by atoms with van der Waals surface area (Å²) in [6, 6.07) is 1.54. The Morgan fingerprint density at radius 3 is 2.38 bits per heavy atom. The molecule has 0 saturated heterocycles. The lowest BCUT2D eigenvalue weighted by molar-refractivity contribution is 0.573. The molecule has 0 amide bonds. The van der Waals surface area contributed by atoms with Gasteiger partial charge in [-0.1, -0.05) is 11.6 Å². The van der Waals surface area contributed by atoms with Gasteiger partial charge < -0.3 is 0 Å². The highest BCUT2D eigenvalue weighted by atomic mass is 35.5. The molecule has 0 atom stereocenters. The molecule has 0 aliphatic heterocycles. The van der Waals surface area contributed by atoms with Crippen molar-refractivity contribution in [3.8, 4) is 0 Å². The van der Waals surface area contributed by atoms with E-state index in [1.807, 2.05) is 0 Å². The van der Waals surface area contributed by atoms with E-state index in [1.165, 1.54) is 0 Å². The van der Waals surface area contributed by atoms with E-state index < -0.39 is 28.1 Å². The molecule has 0 radical (unpaired) electrons. The largest absolute Gasteiger partial charge is 0.232 e. The van der Waals surface area contributed by atoms with Crippen LogP contribution >= 0.6 is 11.6 Å². The van der Waals surface area contributed by atoms with Gasteiger partial charge in [0.05, 0.1) is 10.8 Å². The van der Waals surface area contributed by atoms with Gasteiger partial charge in [-0.05, 0) is 6.07 Å². The van der Waals surface area contributed by atoms with Gasteiger partial charge in [0.25, 0.3) is 0 Å². The molecule has 0 bridgehead atoms. The zero-order valence-corrected chi connectivity index (χ0v) is 7.91. The SMILES string of the molecule is O=[SH](=O)Cc1cc(Cl)c(F)cc1F. The van der Waals surface area contributed by atoms with Gasteiger partial charge in [-0.25, -0.2) is 17.2 Å². The van der Waals surface area contributed by atoms with E-state index in [9.17, 15) is 17.2 Å². The van der Waals surface area contributed by atoms with Crippen LogP contribution in [0.25, 0.3) is 0 Å². The first kappa shape index (κ1) is 10.4. The first-order valence-electron chi connectivity index (χ1n) is 3.26. The number of thiol groups is 1. The van der Waals surface area contributed by atoms with Crippen LogP contribution in [0.15, 0.2) is 12.1 Å². The molecule has 0 aliphatic carbocycles. The van der Waals surface area contributed by atoms with Crippen molar-refractivity contribution < 1.29 is 17.2 Å². The fourth-order valence-corrected chi connectivity index (χ4v) is 1.53. The van der Waals surface area contributed by atoms with Crippen LogP contribution in [0, 0.1) is 11.6 Å². The number of halogens is 3.